The van der Waals surface area contributed by atoms with Crippen molar-refractivity contribution < 1.29 is 9.90 Å². The molecule has 2 radical (unpaired) electrons. The molecule has 17 heavy (non-hydrogen) atoms. The first-order valence-electron chi connectivity index (χ1n) is 4.87. The second-order valence-electron chi connectivity index (χ2n) is 3.43. The van der Waals surface area contributed by atoms with Crippen LogP contribution in [-0.2, 0) is 0 Å². The zero-order valence-electron chi connectivity index (χ0n) is 8.96. The lowest BCUT2D eigenvalue weighted by Gasteiger charge is -2.06. The summed E-state index contributed by atoms with van der Waals surface area (Å²) in [5.74, 6) is -0.299. The summed E-state index contributed by atoms with van der Waals surface area (Å²) in [4.78, 5) is 12.0. The number of hydrogen-bond donors (Lipinski definition) is 1. The lowest BCUT2D eigenvalue weighted by atomic mass is 9.87. The van der Waals surface area contributed by atoms with Crippen LogP contribution in [0.2, 0.25) is 0 Å². The minimum atomic E-state index is -0.267. The Labute approximate surface area is 107 Å². The van der Waals surface area contributed by atoms with Crippen LogP contribution in [-0.4, -0.2) is 18.7 Å². The van der Waals surface area contributed by atoms with E-state index >= 15 is 0 Å². The maximum absolute atomic E-state index is 12.0. The second-order valence-corrected chi connectivity index (χ2v) is 3.43. The van der Waals surface area contributed by atoms with Gasteiger partial charge in [-0.15, -0.1) is 12.4 Å². The van der Waals surface area contributed by atoms with E-state index in [0.29, 0.717) is 11.0 Å². The van der Waals surface area contributed by atoms with Gasteiger partial charge in [0.2, 0.25) is 0 Å². The van der Waals surface area contributed by atoms with Crippen molar-refractivity contribution in [2.75, 3.05) is 0 Å². The number of rotatable bonds is 2. The van der Waals surface area contributed by atoms with Crippen LogP contribution in [0.25, 0.3) is 0 Å². The molecule has 0 aliphatic heterocycles. The molecule has 0 atom stereocenters. The molecule has 0 heterocycles. The number of ketones is 1. The van der Waals surface area contributed by atoms with E-state index in [-0.39, 0.29) is 29.5 Å². The van der Waals surface area contributed by atoms with Crippen LogP contribution in [0.4, 0.5) is 0 Å². The third-order valence-electron chi connectivity index (χ3n) is 2.35. The van der Waals surface area contributed by atoms with Crippen molar-refractivity contribution in [3.05, 3.63) is 59.7 Å². The fourth-order valence-electron chi connectivity index (χ4n) is 1.51. The average molecular weight is 244 g/mol. The lowest BCUT2D eigenvalue weighted by molar-refractivity contribution is 0.103. The van der Waals surface area contributed by atoms with Gasteiger partial charge >= 0.3 is 0 Å². The maximum atomic E-state index is 12.0. The summed E-state index contributed by atoms with van der Waals surface area (Å²) < 4.78 is 0. The van der Waals surface area contributed by atoms with E-state index < -0.39 is 0 Å². The van der Waals surface area contributed by atoms with Crippen LogP contribution in [0.15, 0.2) is 48.5 Å². The first-order valence-corrected chi connectivity index (χ1v) is 4.87. The van der Waals surface area contributed by atoms with E-state index in [1.807, 2.05) is 0 Å². The molecule has 4 heteroatoms. The first kappa shape index (κ1) is 13.3. The summed E-state index contributed by atoms with van der Waals surface area (Å²) in [6, 6.07) is 13.2. The quantitative estimate of drug-likeness (QED) is 0.646. The van der Waals surface area contributed by atoms with Crippen molar-refractivity contribution in [1.82, 2.24) is 0 Å². The second kappa shape index (κ2) is 5.55. The van der Waals surface area contributed by atoms with Gasteiger partial charge in [-0.05, 0) is 12.1 Å². The van der Waals surface area contributed by atoms with Gasteiger partial charge in [0.15, 0.2) is 5.78 Å². The maximum Gasteiger partial charge on any atom is 0.196 e. The highest BCUT2D eigenvalue weighted by atomic mass is 35.5. The smallest absolute Gasteiger partial charge is 0.196 e. The lowest BCUT2D eigenvalue weighted by Crippen LogP contribution is -2.16. The molecule has 2 rings (SSSR count). The monoisotopic (exact) mass is 244 g/mol. The summed E-state index contributed by atoms with van der Waals surface area (Å²) in [7, 11) is 5.71. The van der Waals surface area contributed by atoms with E-state index in [1.54, 1.807) is 42.5 Å². The summed E-state index contributed by atoms with van der Waals surface area (Å²) >= 11 is 0. The zero-order valence-corrected chi connectivity index (χ0v) is 9.78. The van der Waals surface area contributed by atoms with Gasteiger partial charge in [-0.1, -0.05) is 41.9 Å². The molecule has 0 fully saturated rings. The Morgan fingerprint density at radius 1 is 0.941 bits per heavy atom. The Hall–Kier alpha value is -1.74. The minimum Gasteiger partial charge on any atom is -0.507 e. The zero-order chi connectivity index (χ0) is 11.5. The number of benzene rings is 2. The fraction of sp³-hybridized carbons (Fsp3) is 0. The van der Waals surface area contributed by atoms with Gasteiger partial charge in [0.25, 0.3) is 0 Å². The van der Waals surface area contributed by atoms with E-state index in [1.165, 1.54) is 6.07 Å². The van der Waals surface area contributed by atoms with Crippen molar-refractivity contribution in [3.8, 4) is 5.75 Å². The molecule has 0 amide bonds. The molecule has 2 aromatic rings. The highest BCUT2D eigenvalue weighted by molar-refractivity contribution is 6.37. The molecular weight excluding hydrogens is 234 g/mol. The first-order chi connectivity index (χ1) is 7.70. The molecule has 84 valence electrons. The Morgan fingerprint density at radius 3 is 2.06 bits per heavy atom. The van der Waals surface area contributed by atoms with Gasteiger partial charge in [-0.3, -0.25) is 4.79 Å². The summed E-state index contributed by atoms with van der Waals surface area (Å²) in [6.07, 6.45) is 0. The predicted octanol–water partition coefficient (Wildman–Crippen LogP) is 1.84. The van der Waals surface area contributed by atoms with Gasteiger partial charge in [0.05, 0.1) is 5.56 Å². The standard InChI is InChI=1S/C13H9BO2.ClH/c14-11-7-3-1-5-9(11)13(16)10-6-2-4-8-12(10)15;/h1-8,15H;1H. The third-order valence-corrected chi connectivity index (χ3v) is 2.35. The molecule has 0 saturated carbocycles. The largest absolute Gasteiger partial charge is 0.507 e. The van der Waals surface area contributed by atoms with Crippen LogP contribution in [0.3, 0.4) is 0 Å². The number of carbonyl (C=O) groups is 1. The van der Waals surface area contributed by atoms with Crippen molar-refractivity contribution in [2.45, 2.75) is 0 Å². The number of aromatic hydroxyl groups is 1. The molecule has 0 aromatic heterocycles. The molecule has 1 N–H and O–H groups in total. The average Bonchev–Trinajstić information content (AvgIpc) is 2.29. The normalized spacial score (nSPS) is 9.41. The van der Waals surface area contributed by atoms with Crippen LogP contribution >= 0.6 is 12.4 Å². The molecule has 0 spiro atoms. The predicted molar refractivity (Wildman–Crippen MR) is 70.6 cm³/mol. The van der Waals surface area contributed by atoms with Crippen molar-refractivity contribution >= 4 is 31.5 Å². The Morgan fingerprint density at radius 2 is 1.47 bits per heavy atom. The molecule has 0 saturated heterocycles. The number of hydrogen-bond acceptors (Lipinski definition) is 2. The number of phenolic OH excluding ortho intramolecular Hbond substituents is 1. The summed E-state index contributed by atoms with van der Waals surface area (Å²) in [5.41, 5.74) is 1.08. The highest BCUT2D eigenvalue weighted by Crippen LogP contribution is 2.18. The summed E-state index contributed by atoms with van der Waals surface area (Å²) in [5, 5.41) is 9.57. The van der Waals surface area contributed by atoms with E-state index in [4.69, 9.17) is 7.85 Å². The molecule has 0 unspecified atom stereocenters. The van der Waals surface area contributed by atoms with Crippen LogP contribution < -0.4 is 5.46 Å². The van der Waals surface area contributed by atoms with E-state index in [0.717, 1.165) is 0 Å². The van der Waals surface area contributed by atoms with Gasteiger partial charge in [0.1, 0.15) is 13.6 Å². The molecule has 0 aliphatic rings. The molecule has 0 bridgehead atoms. The number of para-hydroxylation sites is 1. The Balaban J connectivity index is 0.00000144. The van der Waals surface area contributed by atoms with Gasteiger partial charge in [-0.25, -0.2) is 0 Å². The number of phenols is 1. The van der Waals surface area contributed by atoms with E-state index in [2.05, 4.69) is 0 Å². The van der Waals surface area contributed by atoms with E-state index in [9.17, 15) is 9.90 Å². The van der Waals surface area contributed by atoms with Crippen LogP contribution in [0, 0.1) is 0 Å². The van der Waals surface area contributed by atoms with Gasteiger partial charge < -0.3 is 5.11 Å². The third kappa shape index (κ3) is 2.69. The van der Waals surface area contributed by atoms with Crippen LogP contribution in [0.5, 0.6) is 5.75 Å². The number of halogens is 1. The molecular formula is C13H10BClO2. The van der Waals surface area contributed by atoms with Gasteiger partial charge in [-0.2, -0.15) is 0 Å². The highest BCUT2D eigenvalue weighted by Gasteiger charge is 2.13. The fourth-order valence-corrected chi connectivity index (χ4v) is 1.51. The summed E-state index contributed by atoms with van der Waals surface area (Å²) in [6.45, 7) is 0. The van der Waals surface area contributed by atoms with Crippen molar-refractivity contribution in [1.29, 1.82) is 0 Å². The molecule has 2 aromatic carbocycles. The molecule has 0 aliphatic carbocycles. The van der Waals surface area contributed by atoms with Gasteiger partial charge in [0, 0.05) is 5.56 Å². The van der Waals surface area contributed by atoms with Crippen LogP contribution in [0.1, 0.15) is 15.9 Å². The van der Waals surface area contributed by atoms with Crippen molar-refractivity contribution in [3.63, 3.8) is 0 Å². The topological polar surface area (TPSA) is 37.3 Å². The minimum absolute atomic E-state index is 0. The van der Waals surface area contributed by atoms with Crippen molar-refractivity contribution in [2.24, 2.45) is 0 Å². The Bertz CT molecular complexity index is 493. The molecule has 2 nitrogen and oxygen atoms in total. The Kier molecular flexibility index (Phi) is 4.35. The SMILES string of the molecule is Cl.[B]c1ccccc1C(=O)c1ccccc1O. The number of carbonyl (C=O) groups excluding carboxylic acids is 1.